The van der Waals surface area contributed by atoms with Crippen LogP contribution in [0.2, 0.25) is 0 Å². The molecule has 8 nitrogen and oxygen atoms in total. The van der Waals surface area contributed by atoms with Crippen LogP contribution in [0.4, 0.5) is 11.4 Å². The van der Waals surface area contributed by atoms with Gasteiger partial charge in [-0.3, -0.25) is 14.4 Å². The molecule has 4 rings (SSSR count). The lowest BCUT2D eigenvalue weighted by molar-refractivity contribution is 0.0994. The van der Waals surface area contributed by atoms with Gasteiger partial charge in [-0.2, -0.15) is 5.10 Å². The van der Waals surface area contributed by atoms with Gasteiger partial charge in [-0.15, -0.1) is 0 Å². The lowest BCUT2D eigenvalue weighted by Gasteiger charge is -2.09. The fourth-order valence-corrected chi connectivity index (χ4v) is 2.75. The number of nitrogens with one attached hydrogen (secondary N) is 3. The van der Waals surface area contributed by atoms with E-state index in [1.54, 1.807) is 60.7 Å². The second-order valence-corrected chi connectivity index (χ2v) is 5.91. The zero-order valence-corrected chi connectivity index (χ0v) is 14.4. The summed E-state index contributed by atoms with van der Waals surface area (Å²) in [4.78, 5) is 36.6. The van der Waals surface area contributed by atoms with E-state index in [1.165, 1.54) is 6.26 Å². The molecule has 0 radical (unpaired) electrons. The minimum absolute atomic E-state index is 0.0974. The average Bonchev–Trinajstić information content (AvgIpc) is 3.24. The Hall–Kier alpha value is -4.20. The molecule has 0 saturated carbocycles. The number of hydrogen-bond acceptors (Lipinski definition) is 5. The number of furan rings is 1. The Balaban J connectivity index is 1.57. The molecular weight excluding hydrogens is 360 g/mol. The molecule has 2 aromatic heterocycles. The summed E-state index contributed by atoms with van der Waals surface area (Å²) in [7, 11) is 0. The van der Waals surface area contributed by atoms with E-state index in [4.69, 9.17) is 4.42 Å². The van der Waals surface area contributed by atoms with Crippen molar-refractivity contribution in [3.05, 3.63) is 88.7 Å². The normalized spacial score (nSPS) is 10.6. The van der Waals surface area contributed by atoms with Crippen LogP contribution in [0.5, 0.6) is 0 Å². The summed E-state index contributed by atoms with van der Waals surface area (Å²) < 4.78 is 5.05. The summed E-state index contributed by atoms with van der Waals surface area (Å²) in [6.45, 7) is 0. The van der Waals surface area contributed by atoms with Gasteiger partial charge in [0.25, 0.3) is 17.4 Å². The molecule has 0 fully saturated rings. The molecule has 0 spiro atoms. The van der Waals surface area contributed by atoms with Crippen LogP contribution in [0.25, 0.3) is 10.8 Å². The van der Waals surface area contributed by atoms with Crippen molar-refractivity contribution in [2.45, 2.75) is 0 Å². The van der Waals surface area contributed by atoms with Crippen molar-refractivity contribution in [3.8, 4) is 0 Å². The number of hydrogen-bond donors (Lipinski definition) is 3. The summed E-state index contributed by atoms with van der Waals surface area (Å²) in [5, 5.41) is 12.4. The molecule has 2 heterocycles. The zero-order valence-electron chi connectivity index (χ0n) is 14.4. The number of nitrogens with zero attached hydrogens (tertiary/aromatic N) is 1. The number of anilines is 2. The van der Waals surface area contributed by atoms with Crippen molar-refractivity contribution < 1.29 is 14.0 Å². The largest absolute Gasteiger partial charge is 0.459 e. The van der Waals surface area contributed by atoms with Gasteiger partial charge in [0.2, 0.25) is 0 Å². The SMILES string of the molecule is O=C(Nc1cccc(NC(=O)c2n[nH]c(=O)c3ccccc23)c1)c1ccco1. The van der Waals surface area contributed by atoms with Crippen molar-refractivity contribution >= 4 is 34.0 Å². The van der Waals surface area contributed by atoms with E-state index in [2.05, 4.69) is 20.8 Å². The highest BCUT2D eigenvalue weighted by Crippen LogP contribution is 2.19. The van der Waals surface area contributed by atoms with Crippen molar-refractivity contribution in [1.82, 2.24) is 10.2 Å². The number of fused-ring (bicyclic) bond motifs is 1. The van der Waals surface area contributed by atoms with Gasteiger partial charge < -0.3 is 15.1 Å². The number of aromatic nitrogens is 2. The molecular formula is C20H14N4O4. The first-order valence-corrected chi connectivity index (χ1v) is 8.35. The summed E-state index contributed by atoms with van der Waals surface area (Å²) >= 11 is 0. The number of amides is 2. The third-order valence-corrected chi connectivity index (χ3v) is 4.03. The summed E-state index contributed by atoms with van der Waals surface area (Å²) in [5.74, 6) is -0.706. The fraction of sp³-hybridized carbons (Fsp3) is 0. The molecule has 0 aliphatic rings. The first-order chi connectivity index (χ1) is 13.6. The first kappa shape index (κ1) is 17.2. The van der Waals surface area contributed by atoms with Crippen LogP contribution in [-0.4, -0.2) is 22.0 Å². The van der Waals surface area contributed by atoms with Crippen molar-refractivity contribution in [3.63, 3.8) is 0 Å². The molecule has 2 amide bonds. The van der Waals surface area contributed by atoms with Crippen LogP contribution in [0.1, 0.15) is 21.0 Å². The maximum Gasteiger partial charge on any atom is 0.291 e. The highest BCUT2D eigenvalue weighted by molar-refractivity contribution is 6.11. The Morgan fingerprint density at radius 2 is 1.57 bits per heavy atom. The molecule has 8 heteroatoms. The Bertz CT molecular complexity index is 1230. The predicted octanol–water partition coefficient (Wildman–Crippen LogP) is 3.02. The van der Waals surface area contributed by atoms with E-state index in [1.807, 2.05) is 0 Å². The van der Waals surface area contributed by atoms with E-state index in [9.17, 15) is 14.4 Å². The monoisotopic (exact) mass is 374 g/mol. The summed E-state index contributed by atoms with van der Waals surface area (Å²) in [6.07, 6.45) is 1.41. The van der Waals surface area contributed by atoms with Crippen LogP contribution in [0.3, 0.4) is 0 Å². The molecule has 0 saturated heterocycles. The smallest absolute Gasteiger partial charge is 0.291 e. The van der Waals surface area contributed by atoms with Gasteiger partial charge in [-0.05, 0) is 36.4 Å². The zero-order chi connectivity index (χ0) is 19.5. The Morgan fingerprint density at radius 1 is 0.857 bits per heavy atom. The molecule has 3 N–H and O–H groups in total. The Morgan fingerprint density at radius 3 is 2.29 bits per heavy atom. The molecule has 138 valence electrons. The van der Waals surface area contributed by atoms with Gasteiger partial charge >= 0.3 is 0 Å². The third kappa shape index (κ3) is 3.38. The Labute approximate surface area is 158 Å². The van der Waals surface area contributed by atoms with Gasteiger partial charge in [0.1, 0.15) is 0 Å². The predicted molar refractivity (Wildman–Crippen MR) is 103 cm³/mol. The lowest BCUT2D eigenvalue weighted by Crippen LogP contribution is -2.19. The molecule has 4 aromatic rings. The summed E-state index contributed by atoms with van der Waals surface area (Å²) in [6, 6.07) is 16.5. The van der Waals surface area contributed by atoms with Gasteiger partial charge in [-0.25, -0.2) is 5.10 Å². The van der Waals surface area contributed by atoms with Crippen LogP contribution in [0, 0.1) is 0 Å². The standard InChI is InChI=1S/C20H14N4O4/c25-18-15-8-2-1-7-14(15)17(23-24-18)20(27)22-13-6-3-5-12(11-13)21-19(26)16-9-4-10-28-16/h1-11H,(H,21,26)(H,22,27)(H,24,25). The molecule has 0 bridgehead atoms. The van der Waals surface area contributed by atoms with Crippen LogP contribution >= 0.6 is 0 Å². The quantitative estimate of drug-likeness (QED) is 0.508. The highest BCUT2D eigenvalue weighted by Gasteiger charge is 2.15. The number of H-pyrrole nitrogens is 1. The van der Waals surface area contributed by atoms with Gasteiger partial charge in [-0.1, -0.05) is 24.3 Å². The topological polar surface area (TPSA) is 117 Å². The highest BCUT2D eigenvalue weighted by atomic mass is 16.3. The molecule has 2 aromatic carbocycles. The number of rotatable bonds is 4. The van der Waals surface area contributed by atoms with Gasteiger partial charge in [0.15, 0.2) is 11.5 Å². The van der Waals surface area contributed by atoms with Crippen molar-refractivity contribution in [2.24, 2.45) is 0 Å². The number of carbonyl (C=O) groups excluding carboxylic acids is 2. The van der Waals surface area contributed by atoms with E-state index >= 15 is 0 Å². The Kier molecular flexibility index (Phi) is 4.43. The van der Waals surface area contributed by atoms with E-state index in [0.717, 1.165) is 0 Å². The number of benzene rings is 2. The third-order valence-electron chi connectivity index (χ3n) is 4.03. The molecule has 28 heavy (non-hydrogen) atoms. The number of carbonyl (C=O) groups is 2. The van der Waals surface area contributed by atoms with E-state index in [-0.39, 0.29) is 17.0 Å². The summed E-state index contributed by atoms with van der Waals surface area (Å²) in [5.41, 5.74) is 0.674. The molecule has 0 aliphatic heterocycles. The van der Waals surface area contributed by atoms with Crippen LogP contribution < -0.4 is 16.2 Å². The van der Waals surface area contributed by atoms with Crippen LogP contribution in [0.15, 0.2) is 76.1 Å². The first-order valence-electron chi connectivity index (χ1n) is 8.35. The maximum absolute atomic E-state index is 12.7. The van der Waals surface area contributed by atoms with Gasteiger partial charge in [0, 0.05) is 16.8 Å². The average molecular weight is 374 g/mol. The van der Waals surface area contributed by atoms with E-state index in [0.29, 0.717) is 22.1 Å². The molecule has 0 atom stereocenters. The fourth-order valence-electron chi connectivity index (χ4n) is 2.75. The second kappa shape index (κ2) is 7.20. The lowest BCUT2D eigenvalue weighted by atomic mass is 10.1. The van der Waals surface area contributed by atoms with Crippen molar-refractivity contribution in [1.29, 1.82) is 0 Å². The maximum atomic E-state index is 12.7. The minimum Gasteiger partial charge on any atom is -0.459 e. The van der Waals surface area contributed by atoms with Crippen LogP contribution in [-0.2, 0) is 0 Å². The molecule has 0 aliphatic carbocycles. The molecule has 0 unspecified atom stereocenters. The second-order valence-electron chi connectivity index (χ2n) is 5.91. The van der Waals surface area contributed by atoms with Crippen molar-refractivity contribution in [2.75, 3.05) is 10.6 Å². The van der Waals surface area contributed by atoms with E-state index < -0.39 is 11.8 Å². The van der Waals surface area contributed by atoms with Gasteiger partial charge in [0.05, 0.1) is 11.6 Å². The number of aromatic amines is 1. The minimum atomic E-state index is -0.484.